The molecule has 0 unspecified atom stereocenters. The first-order chi connectivity index (χ1) is 18.4. The summed E-state index contributed by atoms with van der Waals surface area (Å²) in [6.45, 7) is 11.5. The maximum Gasteiger partial charge on any atom is 0.310 e. The first kappa shape index (κ1) is 31.8. The molecule has 0 aromatic heterocycles. The summed E-state index contributed by atoms with van der Waals surface area (Å²) in [5.74, 6) is -1.42. The molecule has 2 amide bonds. The van der Waals surface area contributed by atoms with Crippen LogP contribution in [0.3, 0.4) is 0 Å². The molecule has 1 aromatic carbocycles. The van der Waals surface area contributed by atoms with Gasteiger partial charge in [-0.1, -0.05) is 66.7 Å². The van der Waals surface area contributed by atoms with Gasteiger partial charge in [0.15, 0.2) is 0 Å². The maximum atomic E-state index is 12.8. The third-order valence-corrected chi connectivity index (χ3v) is 7.63. The normalized spacial score (nSPS) is 13.1. The van der Waals surface area contributed by atoms with Gasteiger partial charge in [0.2, 0.25) is 0 Å². The van der Waals surface area contributed by atoms with Crippen LogP contribution in [0.4, 0.5) is 0 Å². The number of unbranched alkanes of at least 4 members (excludes halogenated alkanes) is 5. The molecule has 0 atom stereocenters. The number of carbonyl (C=O) groups is 3. The zero-order valence-corrected chi connectivity index (χ0v) is 24.7. The predicted octanol–water partition coefficient (Wildman–Crippen LogP) is 7.42. The van der Waals surface area contributed by atoms with E-state index in [-0.39, 0.29) is 18.6 Å². The number of hydrogen-bond donors (Lipinski definition) is 1. The molecule has 0 radical (unpaired) electrons. The summed E-state index contributed by atoms with van der Waals surface area (Å²) in [7, 11) is 0. The van der Waals surface area contributed by atoms with E-state index in [0.717, 1.165) is 83.5 Å². The Labute approximate surface area is 231 Å². The maximum absolute atomic E-state index is 12.8. The molecule has 0 saturated heterocycles. The molecule has 38 heavy (non-hydrogen) atoms. The number of carbonyl (C=O) groups excluding carboxylic acids is 3. The van der Waals surface area contributed by atoms with Crippen LogP contribution in [-0.2, 0) is 57.8 Å². The topological polar surface area (TPSA) is 72.5 Å². The molecule has 0 fully saturated rings. The van der Waals surface area contributed by atoms with Gasteiger partial charge in [-0.05, 0) is 97.6 Å². The molecule has 0 bridgehead atoms. The Bertz CT molecular complexity index is 935. The van der Waals surface area contributed by atoms with E-state index in [1.165, 1.54) is 46.7 Å². The first-order valence-electron chi connectivity index (χ1n) is 15.3. The second-order valence-corrected chi connectivity index (χ2v) is 10.7. The number of nitrogens with one attached hydrogen (secondary N) is 1. The van der Waals surface area contributed by atoms with Gasteiger partial charge in [-0.3, -0.25) is 19.7 Å². The number of benzene rings is 1. The van der Waals surface area contributed by atoms with E-state index in [4.69, 9.17) is 4.74 Å². The lowest BCUT2D eigenvalue weighted by Crippen LogP contribution is -2.23. The zero-order valence-electron chi connectivity index (χ0n) is 24.7. The van der Waals surface area contributed by atoms with Gasteiger partial charge in [0.1, 0.15) is 6.61 Å². The average molecular weight is 526 g/mol. The minimum absolute atomic E-state index is 0.174. The number of amides is 2. The van der Waals surface area contributed by atoms with E-state index in [1.54, 1.807) is 5.56 Å². The number of rotatable bonds is 19. The van der Waals surface area contributed by atoms with Gasteiger partial charge in [-0.25, -0.2) is 0 Å². The molecule has 5 nitrogen and oxygen atoms in total. The Kier molecular flexibility index (Phi) is 14.4. The van der Waals surface area contributed by atoms with Gasteiger partial charge in [0, 0.05) is 11.6 Å². The van der Waals surface area contributed by atoms with Crippen molar-refractivity contribution in [2.45, 2.75) is 144 Å². The van der Waals surface area contributed by atoms with Crippen LogP contribution in [0, 0.1) is 0 Å². The van der Waals surface area contributed by atoms with Crippen LogP contribution in [0.15, 0.2) is 11.6 Å². The van der Waals surface area contributed by atoms with Crippen LogP contribution in [0.1, 0.15) is 139 Å². The molecule has 0 saturated carbocycles. The molecule has 0 aliphatic carbocycles. The fourth-order valence-electron chi connectivity index (χ4n) is 5.49. The molecule has 1 N–H and O–H groups in total. The van der Waals surface area contributed by atoms with Gasteiger partial charge in [0.25, 0.3) is 11.8 Å². The Morgan fingerprint density at radius 2 is 1.00 bits per heavy atom. The van der Waals surface area contributed by atoms with E-state index in [1.807, 2.05) is 0 Å². The van der Waals surface area contributed by atoms with E-state index in [0.29, 0.717) is 0 Å². The second-order valence-electron chi connectivity index (χ2n) is 10.7. The summed E-state index contributed by atoms with van der Waals surface area (Å²) in [6.07, 6.45) is 17.8. The Hall–Kier alpha value is -2.43. The summed E-state index contributed by atoms with van der Waals surface area (Å²) in [6, 6.07) is 0. The molecule has 2 rings (SSSR count). The summed E-state index contributed by atoms with van der Waals surface area (Å²) in [5.41, 5.74) is 8.87. The molecule has 5 heteroatoms. The lowest BCUT2D eigenvalue weighted by Gasteiger charge is -2.28. The summed E-state index contributed by atoms with van der Waals surface area (Å²) < 4.78 is 5.88. The minimum Gasteiger partial charge on any atom is -0.461 e. The first-order valence-corrected chi connectivity index (χ1v) is 15.3. The molecule has 1 aliphatic rings. The lowest BCUT2D eigenvalue weighted by molar-refractivity contribution is -0.144. The van der Waals surface area contributed by atoms with Gasteiger partial charge in [-0.2, -0.15) is 0 Å². The summed E-state index contributed by atoms with van der Waals surface area (Å²) >= 11 is 0. The predicted molar refractivity (Wildman–Crippen MR) is 155 cm³/mol. The zero-order chi connectivity index (χ0) is 27.9. The van der Waals surface area contributed by atoms with Crippen molar-refractivity contribution in [3.63, 3.8) is 0 Å². The van der Waals surface area contributed by atoms with Crippen molar-refractivity contribution in [1.29, 1.82) is 0 Å². The van der Waals surface area contributed by atoms with Crippen LogP contribution in [0.25, 0.3) is 0 Å². The molecule has 0 spiro atoms. The fraction of sp³-hybridized carbons (Fsp3) is 0.667. The van der Waals surface area contributed by atoms with Crippen molar-refractivity contribution in [3.05, 3.63) is 45.0 Å². The Morgan fingerprint density at radius 3 is 1.32 bits per heavy atom. The van der Waals surface area contributed by atoms with Crippen LogP contribution >= 0.6 is 0 Å². The third-order valence-electron chi connectivity index (χ3n) is 7.63. The smallest absolute Gasteiger partial charge is 0.310 e. The fourth-order valence-corrected chi connectivity index (χ4v) is 5.49. The summed E-state index contributed by atoms with van der Waals surface area (Å²) in [5, 5.41) is 2.21. The Balaban J connectivity index is 2.60. The highest BCUT2D eigenvalue weighted by atomic mass is 16.5. The highest BCUT2D eigenvalue weighted by Gasteiger charge is 2.26. The molecular formula is C33H51NO4. The molecule has 1 aliphatic heterocycles. The lowest BCUT2D eigenvalue weighted by atomic mass is 9.78. The molecule has 1 aromatic rings. The number of esters is 1. The van der Waals surface area contributed by atoms with E-state index < -0.39 is 17.8 Å². The average Bonchev–Trinajstić information content (AvgIpc) is 3.22. The number of imide groups is 1. The standard InChI is InChI=1S/C33H51NO4/c1-6-11-16-25-26(17-12-7-2)28(19-14-9-4)30(29(20-15-10-5)27(25)18-13-8-3)23-38-32(36)22-24-21-31(35)34-33(24)37/h21H,6-20,22-23H2,1-5H3,(H,34,35,37). The Morgan fingerprint density at radius 1 is 0.632 bits per heavy atom. The van der Waals surface area contributed by atoms with Gasteiger partial charge >= 0.3 is 5.97 Å². The van der Waals surface area contributed by atoms with Crippen molar-refractivity contribution < 1.29 is 19.1 Å². The molecule has 212 valence electrons. The molecular weight excluding hydrogens is 474 g/mol. The number of ether oxygens (including phenoxy) is 1. The van der Waals surface area contributed by atoms with Crippen molar-refractivity contribution in [3.8, 4) is 0 Å². The van der Waals surface area contributed by atoms with Gasteiger partial charge in [-0.15, -0.1) is 0 Å². The minimum atomic E-state index is -0.497. The SMILES string of the molecule is CCCCc1c(CCCC)c(CCCC)c(COC(=O)CC2=CC(=O)NC2=O)c(CCCC)c1CCCC. The largest absolute Gasteiger partial charge is 0.461 e. The van der Waals surface area contributed by atoms with Gasteiger partial charge < -0.3 is 4.74 Å². The van der Waals surface area contributed by atoms with Crippen LogP contribution < -0.4 is 5.32 Å². The summed E-state index contributed by atoms with van der Waals surface area (Å²) in [4.78, 5) is 36.3. The van der Waals surface area contributed by atoms with Crippen LogP contribution in [0.5, 0.6) is 0 Å². The highest BCUT2D eigenvalue weighted by Crippen LogP contribution is 2.35. The molecule has 1 heterocycles. The van der Waals surface area contributed by atoms with Crippen molar-refractivity contribution in [2.24, 2.45) is 0 Å². The van der Waals surface area contributed by atoms with Crippen LogP contribution in [-0.4, -0.2) is 17.8 Å². The van der Waals surface area contributed by atoms with Crippen LogP contribution in [0.2, 0.25) is 0 Å². The van der Waals surface area contributed by atoms with Gasteiger partial charge in [0.05, 0.1) is 6.42 Å². The van der Waals surface area contributed by atoms with Crippen molar-refractivity contribution in [1.82, 2.24) is 5.32 Å². The monoisotopic (exact) mass is 525 g/mol. The second kappa shape index (κ2) is 17.2. The van der Waals surface area contributed by atoms with Crippen molar-refractivity contribution >= 4 is 17.8 Å². The highest BCUT2D eigenvalue weighted by molar-refractivity contribution is 6.17. The third kappa shape index (κ3) is 9.10. The van der Waals surface area contributed by atoms with Crippen molar-refractivity contribution in [2.75, 3.05) is 0 Å². The number of hydrogen-bond acceptors (Lipinski definition) is 4. The quantitative estimate of drug-likeness (QED) is 0.151. The van der Waals surface area contributed by atoms with E-state index in [2.05, 4.69) is 39.9 Å². The van der Waals surface area contributed by atoms with E-state index >= 15 is 0 Å². The van der Waals surface area contributed by atoms with E-state index in [9.17, 15) is 14.4 Å².